The van der Waals surface area contributed by atoms with Crippen molar-refractivity contribution in [2.24, 2.45) is 5.41 Å². The number of aliphatic carboxylic acids is 1. The SMILES string of the molecule is CCc1ccc(CCC(=O)N2CCC(C)(C(=O)O)C2)cc1. The highest BCUT2D eigenvalue weighted by Gasteiger charge is 2.41. The molecule has 1 aliphatic rings. The van der Waals surface area contributed by atoms with Gasteiger partial charge in [0.25, 0.3) is 0 Å². The summed E-state index contributed by atoms with van der Waals surface area (Å²) in [6.07, 6.45) is 2.71. The number of nitrogens with zero attached hydrogens (tertiary/aromatic N) is 1. The molecule has 4 heteroatoms. The lowest BCUT2D eigenvalue weighted by molar-refractivity contribution is -0.147. The van der Waals surface area contributed by atoms with E-state index >= 15 is 0 Å². The van der Waals surface area contributed by atoms with Crippen LogP contribution in [0.4, 0.5) is 0 Å². The first kappa shape index (κ1) is 15.5. The van der Waals surface area contributed by atoms with Crippen LogP contribution in [0.25, 0.3) is 0 Å². The zero-order valence-corrected chi connectivity index (χ0v) is 12.8. The van der Waals surface area contributed by atoms with Gasteiger partial charge in [-0.15, -0.1) is 0 Å². The monoisotopic (exact) mass is 289 g/mol. The van der Waals surface area contributed by atoms with Crippen molar-refractivity contribution >= 4 is 11.9 Å². The summed E-state index contributed by atoms with van der Waals surface area (Å²) in [6, 6.07) is 8.32. The van der Waals surface area contributed by atoms with E-state index in [1.165, 1.54) is 5.56 Å². The van der Waals surface area contributed by atoms with Crippen LogP contribution >= 0.6 is 0 Å². The van der Waals surface area contributed by atoms with Gasteiger partial charge in [0.05, 0.1) is 5.41 Å². The maximum atomic E-state index is 12.2. The first-order valence-electron chi connectivity index (χ1n) is 7.53. The van der Waals surface area contributed by atoms with Crippen molar-refractivity contribution in [3.05, 3.63) is 35.4 Å². The second-order valence-corrected chi connectivity index (χ2v) is 6.10. The van der Waals surface area contributed by atoms with Crippen LogP contribution in [0.5, 0.6) is 0 Å². The van der Waals surface area contributed by atoms with Crippen LogP contribution in [0.1, 0.15) is 37.8 Å². The summed E-state index contributed by atoms with van der Waals surface area (Å²) in [5.74, 6) is -0.757. The summed E-state index contributed by atoms with van der Waals surface area (Å²) < 4.78 is 0. The maximum Gasteiger partial charge on any atom is 0.311 e. The summed E-state index contributed by atoms with van der Waals surface area (Å²) in [5.41, 5.74) is 1.67. The van der Waals surface area contributed by atoms with Crippen molar-refractivity contribution < 1.29 is 14.7 Å². The van der Waals surface area contributed by atoms with E-state index < -0.39 is 11.4 Å². The first-order chi connectivity index (χ1) is 9.94. The molecular formula is C17H23NO3. The minimum atomic E-state index is -0.812. The number of rotatable bonds is 5. The molecule has 0 aromatic heterocycles. The zero-order valence-electron chi connectivity index (χ0n) is 12.8. The minimum Gasteiger partial charge on any atom is -0.481 e. The molecule has 1 aromatic rings. The van der Waals surface area contributed by atoms with Gasteiger partial charge in [0, 0.05) is 19.5 Å². The number of carboxylic acid groups (broad SMARTS) is 1. The summed E-state index contributed by atoms with van der Waals surface area (Å²) in [7, 11) is 0. The molecule has 1 unspecified atom stereocenters. The Bertz CT molecular complexity index is 523. The largest absolute Gasteiger partial charge is 0.481 e. The fourth-order valence-electron chi connectivity index (χ4n) is 2.70. The third kappa shape index (κ3) is 3.63. The molecule has 1 aliphatic heterocycles. The fraction of sp³-hybridized carbons (Fsp3) is 0.529. The molecule has 0 radical (unpaired) electrons. The molecule has 21 heavy (non-hydrogen) atoms. The maximum absolute atomic E-state index is 12.2. The first-order valence-corrected chi connectivity index (χ1v) is 7.53. The highest BCUT2D eigenvalue weighted by atomic mass is 16.4. The zero-order chi connectivity index (χ0) is 15.5. The van der Waals surface area contributed by atoms with Gasteiger partial charge in [-0.25, -0.2) is 0 Å². The molecule has 1 fully saturated rings. The van der Waals surface area contributed by atoms with Gasteiger partial charge in [-0.1, -0.05) is 31.2 Å². The molecule has 1 heterocycles. The quantitative estimate of drug-likeness (QED) is 0.906. The van der Waals surface area contributed by atoms with Gasteiger partial charge in [0.2, 0.25) is 5.91 Å². The van der Waals surface area contributed by atoms with Gasteiger partial charge in [0.1, 0.15) is 0 Å². The van der Waals surface area contributed by atoms with E-state index in [0.717, 1.165) is 12.0 Å². The number of carboxylic acids is 1. The average molecular weight is 289 g/mol. The topological polar surface area (TPSA) is 57.6 Å². The van der Waals surface area contributed by atoms with E-state index in [1.54, 1.807) is 11.8 Å². The number of hydrogen-bond donors (Lipinski definition) is 1. The highest BCUT2D eigenvalue weighted by molar-refractivity contribution is 5.80. The summed E-state index contributed by atoms with van der Waals surface area (Å²) in [4.78, 5) is 25.1. The molecule has 1 aromatic carbocycles. The van der Waals surface area contributed by atoms with Gasteiger partial charge in [0.15, 0.2) is 0 Å². The van der Waals surface area contributed by atoms with Crippen molar-refractivity contribution in [2.75, 3.05) is 13.1 Å². The third-order valence-corrected chi connectivity index (χ3v) is 4.40. The molecule has 4 nitrogen and oxygen atoms in total. The predicted octanol–water partition coefficient (Wildman–Crippen LogP) is 2.50. The standard InChI is InChI=1S/C17H23NO3/c1-3-13-4-6-14(7-5-13)8-9-15(19)18-11-10-17(2,12-18)16(20)21/h4-7H,3,8-12H2,1-2H3,(H,20,21). The van der Waals surface area contributed by atoms with Crippen LogP contribution < -0.4 is 0 Å². The van der Waals surface area contributed by atoms with Crippen LogP contribution in [-0.4, -0.2) is 35.0 Å². The second kappa shape index (κ2) is 6.29. The lowest BCUT2D eigenvalue weighted by atomic mass is 9.90. The van der Waals surface area contributed by atoms with Crippen molar-refractivity contribution in [3.8, 4) is 0 Å². The Balaban J connectivity index is 1.86. The van der Waals surface area contributed by atoms with Gasteiger partial charge < -0.3 is 10.0 Å². The van der Waals surface area contributed by atoms with E-state index in [2.05, 4.69) is 31.2 Å². The van der Waals surface area contributed by atoms with Crippen LogP contribution in [0.2, 0.25) is 0 Å². The number of likely N-dealkylation sites (tertiary alicyclic amines) is 1. The third-order valence-electron chi connectivity index (χ3n) is 4.40. The molecule has 0 spiro atoms. The van der Waals surface area contributed by atoms with Crippen LogP contribution in [0, 0.1) is 5.41 Å². The van der Waals surface area contributed by atoms with E-state index in [9.17, 15) is 14.7 Å². The molecule has 0 saturated carbocycles. The number of aryl methyl sites for hydroxylation is 2. The summed E-state index contributed by atoms with van der Waals surface area (Å²) in [6.45, 7) is 4.71. The smallest absolute Gasteiger partial charge is 0.311 e. The van der Waals surface area contributed by atoms with E-state index in [0.29, 0.717) is 32.4 Å². The highest BCUT2D eigenvalue weighted by Crippen LogP contribution is 2.30. The lowest BCUT2D eigenvalue weighted by Crippen LogP contribution is -2.34. The predicted molar refractivity (Wildman–Crippen MR) is 81.1 cm³/mol. The van der Waals surface area contributed by atoms with Crippen molar-refractivity contribution in [1.29, 1.82) is 0 Å². The molecular weight excluding hydrogens is 266 g/mol. The average Bonchev–Trinajstić information content (AvgIpc) is 2.89. The van der Waals surface area contributed by atoms with E-state index in [4.69, 9.17) is 0 Å². The van der Waals surface area contributed by atoms with Crippen LogP contribution in [0.3, 0.4) is 0 Å². The molecule has 1 atom stereocenters. The normalized spacial score (nSPS) is 21.5. The molecule has 1 N–H and O–H groups in total. The lowest BCUT2D eigenvalue weighted by Gasteiger charge is -2.20. The Morgan fingerprint density at radius 2 is 1.86 bits per heavy atom. The van der Waals surface area contributed by atoms with E-state index in [-0.39, 0.29) is 5.91 Å². The van der Waals surface area contributed by atoms with E-state index in [1.807, 2.05) is 0 Å². The number of carbonyl (C=O) groups excluding carboxylic acids is 1. The number of carbonyl (C=O) groups is 2. The summed E-state index contributed by atoms with van der Waals surface area (Å²) in [5, 5.41) is 9.19. The Kier molecular flexibility index (Phi) is 4.66. The Morgan fingerprint density at radius 1 is 1.24 bits per heavy atom. The molecule has 1 saturated heterocycles. The van der Waals surface area contributed by atoms with Gasteiger partial charge >= 0.3 is 5.97 Å². The fourth-order valence-corrected chi connectivity index (χ4v) is 2.70. The molecule has 0 aliphatic carbocycles. The number of benzene rings is 1. The Labute approximate surface area is 125 Å². The van der Waals surface area contributed by atoms with Crippen LogP contribution in [0.15, 0.2) is 24.3 Å². The Hall–Kier alpha value is -1.84. The Morgan fingerprint density at radius 3 is 2.38 bits per heavy atom. The van der Waals surface area contributed by atoms with Crippen molar-refractivity contribution in [2.45, 2.75) is 39.5 Å². The van der Waals surface area contributed by atoms with Gasteiger partial charge in [-0.3, -0.25) is 9.59 Å². The van der Waals surface area contributed by atoms with Crippen LogP contribution in [-0.2, 0) is 22.4 Å². The summed E-state index contributed by atoms with van der Waals surface area (Å²) >= 11 is 0. The molecule has 2 rings (SSSR count). The second-order valence-electron chi connectivity index (χ2n) is 6.10. The molecule has 1 amide bonds. The minimum absolute atomic E-state index is 0.0551. The number of amides is 1. The van der Waals surface area contributed by atoms with Gasteiger partial charge in [-0.05, 0) is 37.3 Å². The van der Waals surface area contributed by atoms with Gasteiger partial charge in [-0.2, -0.15) is 0 Å². The van der Waals surface area contributed by atoms with Crippen molar-refractivity contribution in [3.63, 3.8) is 0 Å². The molecule has 0 bridgehead atoms. The molecule has 114 valence electrons. The van der Waals surface area contributed by atoms with Crippen molar-refractivity contribution in [1.82, 2.24) is 4.90 Å². The number of hydrogen-bond acceptors (Lipinski definition) is 2.